The maximum Gasteiger partial charge on any atom is 0.321 e. The third kappa shape index (κ3) is 4.23. The van der Waals surface area contributed by atoms with E-state index in [0.717, 1.165) is 25.9 Å². The maximum absolute atomic E-state index is 12.4. The van der Waals surface area contributed by atoms with E-state index in [-0.39, 0.29) is 10.9 Å². The van der Waals surface area contributed by atoms with E-state index in [0.29, 0.717) is 18.8 Å². The Kier molecular flexibility index (Phi) is 6.01. The molecule has 1 heterocycles. The highest BCUT2D eigenvalue weighted by Crippen LogP contribution is 2.19. The standard InChI is InChI=1S/C16H25N3O3S/c1-3-19(4-2)23(21,22)15-10-8-14(9-11-15)17-16(20)18-12-6-5-7-13-18/h8-11H,3-7,12-13H2,1-2H3,(H,17,20). The number of amides is 2. The summed E-state index contributed by atoms with van der Waals surface area (Å²) in [6.07, 6.45) is 3.24. The van der Waals surface area contributed by atoms with Crippen LogP contribution < -0.4 is 5.32 Å². The molecule has 1 aliphatic rings. The molecule has 1 N–H and O–H groups in total. The van der Waals surface area contributed by atoms with Gasteiger partial charge in [-0.3, -0.25) is 0 Å². The van der Waals surface area contributed by atoms with Crippen LogP contribution in [-0.4, -0.2) is 49.8 Å². The van der Waals surface area contributed by atoms with E-state index in [9.17, 15) is 13.2 Å². The second-order valence-corrected chi connectivity index (χ2v) is 7.53. The molecule has 0 atom stereocenters. The predicted octanol–water partition coefficient (Wildman–Crippen LogP) is 2.73. The fourth-order valence-corrected chi connectivity index (χ4v) is 4.18. The van der Waals surface area contributed by atoms with Crippen LogP contribution in [0, 0.1) is 0 Å². The summed E-state index contributed by atoms with van der Waals surface area (Å²) in [4.78, 5) is 14.2. The van der Waals surface area contributed by atoms with E-state index < -0.39 is 10.0 Å². The summed E-state index contributed by atoms with van der Waals surface area (Å²) in [5.74, 6) is 0. The van der Waals surface area contributed by atoms with Gasteiger partial charge in [0.15, 0.2) is 0 Å². The molecule has 1 aromatic rings. The summed E-state index contributed by atoms with van der Waals surface area (Å²) in [5.41, 5.74) is 0.610. The van der Waals surface area contributed by atoms with Crippen LogP contribution in [0.15, 0.2) is 29.2 Å². The molecule has 0 unspecified atom stereocenters. The number of piperidine rings is 1. The minimum absolute atomic E-state index is 0.121. The number of benzene rings is 1. The van der Waals surface area contributed by atoms with Gasteiger partial charge in [-0.15, -0.1) is 0 Å². The van der Waals surface area contributed by atoms with E-state index in [4.69, 9.17) is 0 Å². The molecule has 6 nitrogen and oxygen atoms in total. The monoisotopic (exact) mass is 339 g/mol. The molecule has 0 aliphatic carbocycles. The van der Waals surface area contributed by atoms with Crippen LogP contribution in [0.4, 0.5) is 10.5 Å². The van der Waals surface area contributed by atoms with Crippen molar-refractivity contribution in [2.75, 3.05) is 31.5 Å². The Morgan fingerprint density at radius 3 is 2.17 bits per heavy atom. The molecule has 23 heavy (non-hydrogen) atoms. The fraction of sp³-hybridized carbons (Fsp3) is 0.562. The van der Waals surface area contributed by atoms with Crippen molar-refractivity contribution in [3.8, 4) is 0 Å². The molecule has 2 amide bonds. The Morgan fingerprint density at radius 1 is 1.09 bits per heavy atom. The number of hydrogen-bond acceptors (Lipinski definition) is 3. The zero-order valence-corrected chi connectivity index (χ0v) is 14.6. The van der Waals surface area contributed by atoms with Crippen molar-refractivity contribution in [1.82, 2.24) is 9.21 Å². The number of likely N-dealkylation sites (tertiary alicyclic amines) is 1. The highest BCUT2D eigenvalue weighted by Gasteiger charge is 2.21. The molecule has 1 aromatic carbocycles. The molecule has 0 spiro atoms. The predicted molar refractivity (Wildman–Crippen MR) is 91.0 cm³/mol. The molecular weight excluding hydrogens is 314 g/mol. The normalized spacial score (nSPS) is 15.7. The second-order valence-electron chi connectivity index (χ2n) is 5.59. The van der Waals surface area contributed by atoms with Gasteiger partial charge in [-0.1, -0.05) is 13.8 Å². The van der Waals surface area contributed by atoms with Crippen LogP contribution in [0.5, 0.6) is 0 Å². The summed E-state index contributed by atoms with van der Waals surface area (Å²) in [6.45, 7) is 6.06. The van der Waals surface area contributed by atoms with Gasteiger partial charge in [0.05, 0.1) is 4.90 Å². The van der Waals surface area contributed by atoms with Crippen LogP contribution in [0.25, 0.3) is 0 Å². The van der Waals surface area contributed by atoms with Crippen molar-refractivity contribution in [2.24, 2.45) is 0 Å². The summed E-state index contributed by atoms with van der Waals surface area (Å²) in [6, 6.07) is 6.24. The van der Waals surface area contributed by atoms with Crippen molar-refractivity contribution in [3.05, 3.63) is 24.3 Å². The summed E-state index contributed by atoms with van der Waals surface area (Å²) < 4.78 is 26.2. The Bertz CT molecular complexity index is 618. The summed E-state index contributed by atoms with van der Waals surface area (Å²) in [7, 11) is -3.46. The number of nitrogens with zero attached hydrogens (tertiary/aromatic N) is 2. The van der Waals surface area contributed by atoms with Crippen LogP contribution >= 0.6 is 0 Å². The van der Waals surface area contributed by atoms with E-state index >= 15 is 0 Å². The van der Waals surface area contributed by atoms with Gasteiger partial charge in [-0.2, -0.15) is 4.31 Å². The van der Waals surface area contributed by atoms with Crippen molar-refractivity contribution in [2.45, 2.75) is 38.0 Å². The van der Waals surface area contributed by atoms with Gasteiger partial charge in [0.25, 0.3) is 0 Å². The molecule has 7 heteroatoms. The largest absolute Gasteiger partial charge is 0.325 e. The average Bonchev–Trinajstić information content (AvgIpc) is 2.57. The summed E-state index contributed by atoms with van der Waals surface area (Å²) >= 11 is 0. The van der Waals surface area contributed by atoms with Crippen LogP contribution in [0.2, 0.25) is 0 Å². The van der Waals surface area contributed by atoms with Crippen LogP contribution in [0.3, 0.4) is 0 Å². The summed E-state index contributed by atoms with van der Waals surface area (Å²) in [5, 5.41) is 2.83. The zero-order chi connectivity index (χ0) is 16.9. The lowest BCUT2D eigenvalue weighted by molar-refractivity contribution is 0.200. The minimum Gasteiger partial charge on any atom is -0.325 e. The maximum atomic E-state index is 12.4. The van der Waals surface area contributed by atoms with Gasteiger partial charge in [-0.05, 0) is 43.5 Å². The van der Waals surface area contributed by atoms with E-state index in [1.54, 1.807) is 29.2 Å². The fourth-order valence-electron chi connectivity index (χ4n) is 2.72. The first-order valence-electron chi connectivity index (χ1n) is 8.15. The molecule has 0 aromatic heterocycles. The number of carbonyl (C=O) groups is 1. The molecule has 1 saturated heterocycles. The van der Waals surface area contributed by atoms with E-state index in [1.807, 2.05) is 13.8 Å². The van der Waals surface area contributed by atoms with Gasteiger partial charge in [0.1, 0.15) is 0 Å². The van der Waals surface area contributed by atoms with Gasteiger partial charge >= 0.3 is 6.03 Å². The van der Waals surface area contributed by atoms with Gasteiger partial charge in [0, 0.05) is 31.9 Å². The Labute approximate surface area is 138 Å². The van der Waals surface area contributed by atoms with Gasteiger partial charge in [-0.25, -0.2) is 13.2 Å². The smallest absolute Gasteiger partial charge is 0.321 e. The number of nitrogens with one attached hydrogen (secondary N) is 1. The van der Waals surface area contributed by atoms with E-state index in [1.165, 1.54) is 10.7 Å². The lowest BCUT2D eigenvalue weighted by atomic mass is 10.1. The van der Waals surface area contributed by atoms with Crippen LogP contribution in [0.1, 0.15) is 33.1 Å². The van der Waals surface area contributed by atoms with Crippen molar-refractivity contribution < 1.29 is 13.2 Å². The number of urea groups is 1. The minimum atomic E-state index is -3.46. The van der Waals surface area contributed by atoms with Crippen LogP contribution in [-0.2, 0) is 10.0 Å². The first kappa shape index (κ1) is 17.7. The molecule has 0 radical (unpaired) electrons. The molecule has 2 rings (SSSR count). The molecule has 0 bridgehead atoms. The van der Waals surface area contributed by atoms with E-state index in [2.05, 4.69) is 5.32 Å². The molecule has 1 fully saturated rings. The first-order valence-corrected chi connectivity index (χ1v) is 9.59. The third-order valence-electron chi connectivity index (χ3n) is 4.09. The zero-order valence-electron chi connectivity index (χ0n) is 13.8. The average molecular weight is 339 g/mol. The lowest BCUT2D eigenvalue weighted by Gasteiger charge is -2.26. The quantitative estimate of drug-likeness (QED) is 0.897. The number of rotatable bonds is 5. The Morgan fingerprint density at radius 2 is 1.65 bits per heavy atom. The van der Waals surface area contributed by atoms with Gasteiger partial charge in [0.2, 0.25) is 10.0 Å². The first-order chi connectivity index (χ1) is 11.0. The third-order valence-corrected chi connectivity index (χ3v) is 6.16. The molecule has 1 aliphatic heterocycles. The number of sulfonamides is 1. The molecule has 128 valence electrons. The Hall–Kier alpha value is -1.60. The van der Waals surface area contributed by atoms with Crippen molar-refractivity contribution in [3.63, 3.8) is 0 Å². The number of anilines is 1. The van der Waals surface area contributed by atoms with Gasteiger partial charge < -0.3 is 10.2 Å². The topological polar surface area (TPSA) is 69.7 Å². The molecule has 0 saturated carbocycles. The highest BCUT2D eigenvalue weighted by molar-refractivity contribution is 7.89. The SMILES string of the molecule is CCN(CC)S(=O)(=O)c1ccc(NC(=O)N2CCCCC2)cc1. The second kappa shape index (κ2) is 7.79. The lowest BCUT2D eigenvalue weighted by Crippen LogP contribution is -2.38. The number of carbonyl (C=O) groups excluding carboxylic acids is 1. The molecular formula is C16H25N3O3S. The van der Waals surface area contributed by atoms with Crippen molar-refractivity contribution >= 4 is 21.7 Å². The van der Waals surface area contributed by atoms with Crippen molar-refractivity contribution in [1.29, 1.82) is 0 Å². The highest BCUT2D eigenvalue weighted by atomic mass is 32.2. The Balaban J connectivity index is 2.06. The number of hydrogen-bond donors (Lipinski definition) is 1.